The van der Waals surface area contributed by atoms with Gasteiger partial charge in [0.2, 0.25) is 0 Å². The van der Waals surface area contributed by atoms with Gasteiger partial charge in [0.05, 0.1) is 0 Å². The zero-order chi connectivity index (χ0) is 12.1. The van der Waals surface area contributed by atoms with Crippen molar-refractivity contribution in [2.24, 2.45) is 0 Å². The van der Waals surface area contributed by atoms with Gasteiger partial charge in [-0.1, -0.05) is 31.5 Å². The van der Waals surface area contributed by atoms with Crippen molar-refractivity contribution in [1.82, 2.24) is 5.32 Å². The third kappa shape index (κ3) is 3.01. The summed E-state index contributed by atoms with van der Waals surface area (Å²) in [5, 5.41) is 3.41. The maximum atomic E-state index is 3.41. The van der Waals surface area contributed by atoms with Crippen molar-refractivity contribution >= 4 is 5.69 Å². The second kappa shape index (κ2) is 6.06. The number of likely N-dealkylation sites (N-methyl/N-ethyl adjacent to an activating group) is 1. The van der Waals surface area contributed by atoms with Crippen LogP contribution in [0.15, 0.2) is 24.3 Å². The molecule has 0 radical (unpaired) electrons. The Bertz CT molecular complexity index is 349. The third-order valence-electron chi connectivity index (χ3n) is 3.68. The molecule has 1 saturated heterocycles. The maximum absolute atomic E-state index is 3.41. The summed E-state index contributed by atoms with van der Waals surface area (Å²) < 4.78 is 0. The Labute approximate surface area is 105 Å². The number of hydrogen-bond acceptors (Lipinski definition) is 2. The van der Waals surface area contributed by atoms with Crippen LogP contribution in [0.4, 0.5) is 5.69 Å². The highest BCUT2D eigenvalue weighted by Gasteiger charge is 2.19. The van der Waals surface area contributed by atoms with E-state index in [1.54, 1.807) is 0 Å². The van der Waals surface area contributed by atoms with Crippen molar-refractivity contribution in [2.45, 2.75) is 38.6 Å². The lowest BCUT2D eigenvalue weighted by Crippen LogP contribution is -2.44. The lowest BCUT2D eigenvalue weighted by atomic mass is 10.0. The SMILES string of the molecule is CCCc1ccccc1N1CCCC(NC)C1. The van der Waals surface area contributed by atoms with E-state index in [1.165, 1.54) is 43.5 Å². The molecule has 0 aromatic heterocycles. The zero-order valence-electron chi connectivity index (χ0n) is 11.1. The highest BCUT2D eigenvalue weighted by Crippen LogP contribution is 2.25. The van der Waals surface area contributed by atoms with Gasteiger partial charge < -0.3 is 10.2 Å². The van der Waals surface area contributed by atoms with Crippen LogP contribution in [0.2, 0.25) is 0 Å². The van der Waals surface area contributed by atoms with Crippen molar-refractivity contribution in [1.29, 1.82) is 0 Å². The molecule has 1 heterocycles. The van der Waals surface area contributed by atoms with E-state index in [9.17, 15) is 0 Å². The third-order valence-corrected chi connectivity index (χ3v) is 3.68. The molecule has 1 unspecified atom stereocenters. The number of anilines is 1. The second-order valence-electron chi connectivity index (χ2n) is 4.95. The number of hydrogen-bond donors (Lipinski definition) is 1. The van der Waals surface area contributed by atoms with Gasteiger partial charge in [-0.25, -0.2) is 0 Å². The summed E-state index contributed by atoms with van der Waals surface area (Å²) in [7, 11) is 2.08. The highest BCUT2D eigenvalue weighted by molar-refractivity contribution is 5.54. The number of aryl methyl sites for hydroxylation is 1. The molecule has 1 aliphatic heterocycles. The molecule has 0 amide bonds. The molecule has 94 valence electrons. The Morgan fingerprint density at radius 2 is 2.18 bits per heavy atom. The van der Waals surface area contributed by atoms with Gasteiger partial charge in [-0.05, 0) is 37.9 Å². The molecule has 1 aromatic carbocycles. The molecular formula is C15H24N2. The van der Waals surface area contributed by atoms with Gasteiger partial charge >= 0.3 is 0 Å². The first-order valence-corrected chi connectivity index (χ1v) is 6.85. The first kappa shape index (κ1) is 12.4. The summed E-state index contributed by atoms with van der Waals surface area (Å²) in [5.74, 6) is 0. The van der Waals surface area contributed by atoms with E-state index in [1.807, 2.05) is 0 Å². The zero-order valence-corrected chi connectivity index (χ0v) is 11.1. The quantitative estimate of drug-likeness (QED) is 0.858. The minimum atomic E-state index is 0.651. The molecule has 2 nitrogen and oxygen atoms in total. The minimum absolute atomic E-state index is 0.651. The second-order valence-corrected chi connectivity index (χ2v) is 4.95. The van der Waals surface area contributed by atoms with Crippen LogP contribution < -0.4 is 10.2 Å². The normalized spacial score (nSPS) is 20.6. The standard InChI is InChI=1S/C15H24N2/c1-3-7-13-8-4-5-10-15(13)17-11-6-9-14(12-17)16-2/h4-5,8,10,14,16H,3,6-7,9,11-12H2,1-2H3. The summed E-state index contributed by atoms with van der Waals surface area (Å²) in [4.78, 5) is 2.55. The Morgan fingerprint density at radius 3 is 2.94 bits per heavy atom. The van der Waals surface area contributed by atoms with E-state index in [2.05, 4.69) is 48.5 Å². The number of piperidine rings is 1. The number of para-hydroxylation sites is 1. The fourth-order valence-corrected chi connectivity index (χ4v) is 2.73. The Balaban J connectivity index is 2.15. The van der Waals surface area contributed by atoms with Gasteiger partial charge in [-0.3, -0.25) is 0 Å². The molecule has 1 N–H and O–H groups in total. The van der Waals surface area contributed by atoms with Crippen LogP contribution in [0.5, 0.6) is 0 Å². The number of nitrogens with zero attached hydrogens (tertiary/aromatic N) is 1. The van der Waals surface area contributed by atoms with E-state index in [0.717, 1.165) is 6.54 Å². The largest absolute Gasteiger partial charge is 0.370 e. The summed E-state index contributed by atoms with van der Waals surface area (Å²) in [6.45, 7) is 4.61. The lowest BCUT2D eigenvalue weighted by Gasteiger charge is -2.35. The summed E-state index contributed by atoms with van der Waals surface area (Å²) in [5.41, 5.74) is 2.96. The van der Waals surface area contributed by atoms with Gasteiger partial charge in [0.1, 0.15) is 0 Å². The van der Waals surface area contributed by atoms with E-state index < -0.39 is 0 Å². The first-order valence-electron chi connectivity index (χ1n) is 6.85. The van der Waals surface area contributed by atoms with Crippen LogP contribution in [-0.4, -0.2) is 26.2 Å². The van der Waals surface area contributed by atoms with Gasteiger partial charge in [0.15, 0.2) is 0 Å². The van der Waals surface area contributed by atoms with Crippen molar-refractivity contribution in [2.75, 3.05) is 25.0 Å². The van der Waals surface area contributed by atoms with E-state index in [4.69, 9.17) is 0 Å². The van der Waals surface area contributed by atoms with Crippen LogP contribution >= 0.6 is 0 Å². The van der Waals surface area contributed by atoms with Crippen LogP contribution in [0.25, 0.3) is 0 Å². The molecule has 1 aromatic rings. The highest BCUT2D eigenvalue weighted by atomic mass is 15.2. The predicted octanol–water partition coefficient (Wildman–Crippen LogP) is 2.83. The molecule has 1 aliphatic rings. The summed E-state index contributed by atoms with van der Waals surface area (Å²) in [6, 6.07) is 9.54. The van der Waals surface area contributed by atoms with E-state index in [0.29, 0.717) is 6.04 Å². The van der Waals surface area contributed by atoms with E-state index >= 15 is 0 Å². The molecule has 1 fully saturated rings. The fourth-order valence-electron chi connectivity index (χ4n) is 2.73. The van der Waals surface area contributed by atoms with Crippen molar-refractivity contribution < 1.29 is 0 Å². The fraction of sp³-hybridized carbons (Fsp3) is 0.600. The molecule has 0 aliphatic carbocycles. The van der Waals surface area contributed by atoms with Crippen LogP contribution in [0.3, 0.4) is 0 Å². The molecule has 0 saturated carbocycles. The average molecular weight is 232 g/mol. The van der Waals surface area contributed by atoms with Crippen molar-refractivity contribution in [3.63, 3.8) is 0 Å². The smallest absolute Gasteiger partial charge is 0.0399 e. The Kier molecular flexibility index (Phi) is 4.43. The van der Waals surface area contributed by atoms with Crippen LogP contribution in [-0.2, 0) is 6.42 Å². The number of nitrogens with one attached hydrogen (secondary N) is 1. The Morgan fingerprint density at radius 1 is 1.35 bits per heavy atom. The minimum Gasteiger partial charge on any atom is -0.370 e. The van der Waals surface area contributed by atoms with Crippen LogP contribution in [0.1, 0.15) is 31.7 Å². The van der Waals surface area contributed by atoms with Crippen molar-refractivity contribution in [3.05, 3.63) is 29.8 Å². The van der Waals surface area contributed by atoms with Crippen molar-refractivity contribution in [3.8, 4) is 0 Å². The molecule has 0 spiro atoms. The first-order chi connectivity index (χ1) is 8.35. The van der Waals surface area contributed by atoms with Gasteiger partial charge in [0, 0.05) is 24.8 Å². The van der Waals surface area contributed by atoms with Gasteiger partial charge in [0.25, 0.3) is 0 Å². The molecule has 17 heavy (non-hydrogen) atoms. The molecular weight excluding hydrogens is 208 g/mol. The topological polar surface area (TPSA) is 15.3 Å². The van der Waals surface area contributed by atoms with Crippen LogP contribution in [0, 0.1) is 0 Å². The summed E-state index contributed by atoms with van der Waals surface area (Å²) >= 11 is 0. The molecule has 2 heteroatoms. The van der Waals surface area contributed by atoms with E-state index in [-0.39, 0.29) is 0 Å². The molecule has 0 bridgehead atoms. The number of rotatable bonds is 4. The van der Waals surface area contributed by atoms with Gasteiger partial charge in [-0.15, -0.1) is 0 Å². The number of benzene rings is 1. The average Bonchev–Trinajstić information content (AvgIpc) is 2.40. The molecule has 2 rings (SSSR count). The molecule has 1 atom stereocenters. The maximum Gasteiger partial charge on any atom is 0.0399 e. The monoisotopic (exact) mass is 232 g/mol. The van der Waals surface area contributed by atoms with Gasteiger partial charge in [-0.2, -0.15) is 0 Å². The predicted molar refractivity (Wildman–Crippen MR) is 74.7 cm³/mol. The lowest BCUT2D eigenvalue weighted by molar-refractivity contribution is 0.449. The summed E-state index contributed by atoms with van der Waals surface area (Å²) in [6.07, 6.45) is 5.02. The Hall–Kier alpha value is -1.02.